The highest BCUT2D eigenvalue weighted by Crippen LogP contribution is 2.30. The van der Waals surface area contributed by atoms with Crippen molar-refractivity contribution in [3.8, 4) is 11.1 Å². The molecule has 9 nitrogen and oxygen atoms in total. The molecule has 4 aromatic rings. The van der Waals surface area contributed by atoms with E-state index >= 15 is 0 Å². The second-order valence-electron chi connectivity index (χ2n) is 10.3. The normalized spacial score (nSPS) is 14.7. The molecule has 3 amide bonds. The molecule has 1 aliphatic heterocycles. The average molecular weight is 651 g/mol. The van der Waals surface area contributed by atoms with Crippen LogP contribution < -0.4 is 16.0 Å². The molecule has 12 heteroatoms. The first-order valence-electron chi connectivity index (χ1n) is 13.8. The molecule has 0 radical (unpaired) electrons. The van der Waals surface area contributed by atoms with Crippen molar-refractivity contribution in [2.24, 2.45) is 10.3 Å². The number of piperidine rings is 1. The van der Waals surface area contributed by atoms with E-state index in [0.29, 0.717) is 44.5 Å². The summed E-state index contributed by atoms with van der Waals surface area (Å²) in [5.41, 5.74) is 2.09. The predicted octanol–water partition coefficient (Wildman–Crippen LogP) is 6.54. The van der Waals surface area contributed by atoms with Crippen LogP contribution in [-0.2, 0) is 14.5 Å². The van der Waals surface area contributed by atoms with E-state index in [4.69, 9.17) is 23.2 Å². The molecule has 3 aromatic carbocycles. The quantitative estimate of drug-likeness (QED) is 0.208. The van der Waals surface area contributed by atoms with E-state index in [0.717, 1.165) is 13.1 Å². The van der Waals surface area contributed by atoms with Crippen molar-refractivity contribution in [3.05, 3.63) is 106 Å². The molecule has 1 fully saturated rings. The van der Waals surface area contributed by atoms with E-state index in [1.807, 2.05) is 12.1 Å². The van der Waals surface area contributed by atoms with Crippen LogP contribution in [0.4, 0.5) is 11.5 Å². The molecule has 0 bridgehead atoms. The van der Waals surface area contributed by atoms with E-state index < -0.39 is 21.5 Å². The Labute approximate surface area is 265 Å². The summed E-state index contributed by atoms with van der Waals surface area (Å²) >= 11 is 12.0. The number of anilines is 2. The van der Waals surface area contributed by atoms with Crippen LogP contribution in [0.15, 0.2) is 94.3 Å². The highest BCUT2D eigenvalue weighted by molar-refractivity contribution is 7.93. The third-order valence-electron chi connectivity index (χ3n) is 7.15. The Balaban J connectivity index is 1.35. The molecule has 1 aromatic heterocycles. The van der Waals surface area contributed by atoms with Gasteiger partial charge in [0, 0.05) is 29.0 Å². The van der Waals surface area contributed by atoms with Crippen LogP contribution >= 0.6 is 23.2 Å². The van der Waals surface area contributed by atoms with Crippen LogP contribution in [0, 0.1) is 5.92 Å². The van der Waals surface area contributed by atoms with Crippen molar-refractivity contribution < 1.29 is 18.6 Å². The molecule has 2 heterocycles. The Bertz CT molecular complexity index is 1830. The van der Waals surface area contributed by atoms with E-state index in [1.54, 1.807) is 60.7 Å². The van der Waals surface area contributed by atoms with Crippen LogP contribution in [0.2, 0.25) is 10.0 Å². The molecular formula is C32H29Cl2N5O4S. The summed E-state index contributed by atoms with van der Waals surface area (Å²) in [7, 11) is -3.03. The zero-order chi connectivity index (χ0) is 31.3. The first kappa shape index (κ1) is 31.3. The summed E-state index contributed by atoms with van der Waals surface area (Å²) in [6.45, 7) is 1.47. The number of benzene rings is 3. The number of pyridine rings is 1. The zero-order valence-corrected chi connectivity index (χ0v) is 26.0. The summed E-state index contributed by atoms with van der Waals surface area (Å²) in [5, 5.41) is 9.40. The van der Waals surface area contributed by atoms with Crippen LogP contribution in [0.1, 0.15) is 33.6 Å². The highest BCUT2D eigenvalue weighted by atomic mass is 35.5. The molecule has 1 saturated heterocycles. The Hall–Kier alpha value is -4.09. The van der Waals surface area contributed by atoms with Gasteiger partial charge in [-0.1, -0.05) is 53.5 Å². The van der Waals surface area contributed by atoms with Gasteiger partial charge in [-0.3, -0.25) is 14.4 Å². The largest absolute Gasteiger partial charge is 0.321 e. The monoisotopic (exact) mass is 649 g/mol. The number of nitrogens with zero attached hydrogens (tertiary/aromatic N) is 2. The lowest BCUT2D eigenvalue weighted by Crippen LogP contribution is -2.31. The van der Waals surface area contributed by atoms with Crippen LogP contribution in [-0.4, -0.2) is 46.3 Å². The second kappa shape index (κ2) is 13.7. The van der Waals surface area contributed by atoms with Crippen molar-refractivity contribution in [2.75, 3.05) is 30.0 Å². The number of nitrogens with one attached hydrogen (secondary N) is 3. The van der Waals surface area contributed by atoms with Gasteiger partial charge in [0.25, 0.3) is 17.7 Å². The molecular weight excluding hydrogens is 621 g/mol. The minimum Gasteiger partial charge on any atom is -0.321 e. The number of carbonyl (C=O) groups is 3. The van der Waals surface area contributed by atoms with Gasteiger partial charge < -0.3 is 16.0 Å². The molecule has 44 heavy (non-hydrogen) atoms. The van der Waals surface area contributed by atoms with Gasteiger partial charge in [-0.05, 0) is 85.6 Å². The SMILES string of the molecule is CS(=O)(=NC(=O)C1CCNCC1)c1ccccc1-c1ccc(C(=O)Nc2ccc(Cl)cc2C(=O)Nc2ccc(Cl)cn2)cc1. The molecule has 1 aliphatic rings. The van der Waals surface area contributed by atoms with Crippen molar-refractivity contribution in [1.29, 1.82) is 0 Å². The number of halogens is 2. The second-order valence-corrected chi connectivity index (χ2v) is 13.4. The van der Waals surface area contributed by atoms with Crippen molar-refractivity contribution in [2.45, 2.75) is 17.7 Å². The van der Waals surface area contributed by atoms with Gasteiger partial charge in [0.05, 0.1) is 30.9 Å². The standard InChI is InChI=1S/C32H29Cl2N5O4S/c1-44(43,39-31(41)22-14-16-35-17-15-22)28-5-3-2-4-25(28)20-6-8-21(9-7-20)30(40)37-27-12-10-23(33)18-26(27)32(42)38-29-13-11-24(34)19-36-29/h2-13,18-19,22,35H,14-17H2,1H3,(H,37,40)(H,36,38,42). The summed E-state index contributed by atoms with van der Waals surface area (Å²) < 4.78 is 17.9. The summed E-state index contributed by atoms with van der Waals surface area (Å²) in [4.78, 5) is 43.6. The minimum absolute atomic E-state index is 0.147. The van der Waals surface area contributed by atoms with E-state index in [-0.39, 0.29) is 28.9 Å². The average Bonchev–Trinajstić information content (AvgIpc) is 3.03. The Kier molecular flexibility index (Phi) is 9.75. The van der Waals surface area contributed by atoms with Gasteiger partial charge in [-0.25, -0.2) is 9.19 Å². The Morgan fingerprint density at radius 1 is 0.886 bits per heavy atom. The Morgan fingerprint density at radius 2 is 1.59 bits per heavy atom. The van der Waals surface area contributed by atoms with Crippen LogP contribution in [0.3, 0.4) is 0 Å². The zero-order valence-electron chi connectivity index (χ0n) is 23.7. The van der Waals surface area contributed by atoms with E-state index in [2.05, 4.69) is 25.3 Å². The van der Waals surface area contributed by atoms with Gasteiger partial charge in [-0.2, -0.15) is 4.36 Å². The summed E-state index contributed by atoms with van der Waals surface area (Å²) in [5.74, 6) is -1.25. The summed E-state index contributed by atoms with van der Waals surface area (Å²) in [6.07, 6.45) is 4.23. The smallest absolute Gasteiger partial charge is 0.258 e. The van der Waals surface area contributed by atoms with Crippen molar-refractivity contribution in [3.63, 3.8) is 0 Å². The Morgan fingerprint density at radius 3 is 2.30 bits per heavy atom. The first-order valence-corrected chi connectivity index (χ1v) is 16.5. The number of rotatable bonds is 7. The molecule has 0 saturated carbocycles. The molecule has 0 aliphatic carbocycles. The van der Waals surface area contributed by atoms with E-state index in [1.165, 1.54) is 18.5 Å². The van der Waals surface area contributed by atoms with Gasteiger partial charge in [-0.15, -0.1) is 0 Å². The van der Waals surface area contributed by atoms with E-state index in [9.17, 15) is 18.6 Å². The van der Waals surface area contributed by atoms with Crippen LogP contribution in [0.25, 0.3) is 11.1 Å². The molecule has 0 spiro atoms. The fourth-order valence-electron chi connectivity index (χ4n) is 4.84. The van der Waals surface area contributed by atoms with Crippen LogP contribution in [0.5, 0.6) is 0 Å². The molecule has 1 unspecified atom stereocenters. The van der Waals surface area contributed by atoms with Gasteiger partial charge in [0.2, 0.25) is 0 Å². The maximum absolute atomic E-state index is 13.7. The fourth-order valence-corrected chi connectivity index (χ4v) is 6.64. The summed E-state index contributed by atoms with van der Waals surface area (Å²) in [6, 6.07) is 21.5. The third kappa shape index (κ3) is 7.51. The lowest BCUT2D eigenvalue weighted by atomic mass is 9.98. The molecule has 1 atom stereocenters. The molecule has 5 rings (SSSR count). The van der Waals surface area contributed by atoms with Gasteiger partial charge in [0.1, 0.15) is 5.82 Å². The van der Waals surface area contributed by atoms with Crippen molar-refractivity contribution >= 4 is 62.2 Å². The maximum Gasteiger partial charge on any atom is 0.258 e. The third-order valence-corrected chi connectivity index (χ3v) is 9.31. The van der Waals surface area contributed by atoms with Gasteiger partial charge >= 0.3 is 0 Å². The maximum atomic E-state index is 13.7. The topological polar surface area (TPSA) is 130 Å². The number of hydrogen-bond donors (Lipinski definition) is 3. The first-order chi connectivity index (χ1) is 21.1. The molecule has 3 N–H and O–H groups in total. The fraction of sp³-hybridized carbons (Fsp3) is 0.188. The van der Waals surface area contributed by atoms with Crippen molar-refractivity contribution in [1.82, 2.24) is 10.3 Å². The number of hydrogen-bond acceptors (Lipinski definition) is 6. The number of carbonyl (C=O) groups excluding carboxylic acids is 3. The lowest BCUT2D eigenvalue weighted by Gasteiger charge is -2.20. The highest BCUT2D eigenvalue weighted by Gasteiger charge is 2.23. The molecule has 226 valence electrons. The minimum atomic E-state index is -3.03. The number of aromatic nitrogens is 1. The lowest BCUT2D eigenvalue weighted by molar-refractivity contribution is -0.122. The predicted molar refractivity (Wildman–Crippen MR) is 174 cm³/mol. The number of amides is 3. The van der Waals surface area contributed by atoms with Gasteiger partial charge in [0.15, 0.2) is 0 Å².